The third-order valence-corrected chi connectivity index (χ3v) is 5.50. The van der Waals surface area contributed by atoms with Gasteiger partial charge in [0.05, 0.1) is 11.9 Å². The van der Waals surface area contributed by atoms with Crippen molar-refractivity contribution in [2.75, 3.05) is 24.5 Å². The van der Waals surface area contributed by atoms with Crippen molar-refractivity contribution >= 4 is 38.8 Å². The molecule has 1 aliphatic rings. The maximum atomic E-state index is 12.0. The van der Waals surface area contributed by atoms with Crippen molar-refractivity contribution in [1.82, 2.24) is 15.3 Å². The zero-order valence-corrected chi connectivity index (χ0v) is 17.0. The number of nitrogens with one attached hydrogen (secondary N) is 1. The summed E-state index contributed by atoms with van der Waals surface area (Å²) in [7, 11) is 0. The Kier molecular flexibility index (Phi) is 4.52. The van der Waals surface area contributed by atoms with Crippen LogP contribution in [0.2, 0.25) is 0 Å². The van der Waals surface area contributed by atoms with E-state index in [1.807, 2.05) is 59.5 Å². The summed E-state index contributed by atoms with van der Waals surface area (Å²) in [5.74, 6) is 1.44. The van der Waals surface area contributed by atoms with E-state index >= 15 is 0 Å². The molecule has 144 valence electrons. The van der Waals surface area contributed by atoms with Crippen LogP contribution in [0.1, 0.15) is 0 Å². The van der Waals surface area contributed by atoms with Crippen molar-refractivity contribution in [2.24, 2.45) is 0 Å². The minimum absolute atomic E-state index is 0.0131. The minimum Gasteiger partial charge on any atom is -0.437 e. The van der Waals surface area contributed by atoms with Gasteiger partial charge in [-0.15, -0.1) is 0 Å². The normalized spacial score (nSPS) is 14.2. The fourth-order valence-electron chi connectivity index (χ4n) is 3.66. The van der Waals surface area contributed by atoms with Crippen LogP contribution in [0.3, 0.4) is 0 Å². The molecule has 2 aromatic heterocycles. The third-order valence-electron chi connectivity index (χ3n) is 4.98. The summed E-state index contributed by atoms with van der Waals surface area (Å²) in [5, 5.41) is 3.69. The summed E-state index contributed by atoms with van der Waals surface area (Å²) in [5.41, 5.74) is 3.41. The summed E-state index contributed by atoms with van der Waals surface area (Å²) in [6.07, 6.45) is 1.49. The highest BCUT2D eigenvalue weighted by molar-refractivity contribution is 9.10. The second kappa shape index (κ2) is 7.33. The van der Waals surface area contributed by atoms with Gasteiger partial charge in [-0.2, -0.15) is 0 Å². The molecule has 0 spiro atoms. The fourth-order valence-corrected chi connectivity index (χ4v) is 3.93. The Balaban J connectivity index is 1.79. The lowest BCUT2D eigenvalue weighted by Crippen LogP contribution is -2.48. The first-order valence-electron chi connectivity index (χ1n) is 9.31. The fraction of sp³-hybridized carbons (Fsp3) is 0.136. The Morgan fingerprint density at radius 1 is 1.00 bits per heavy atom. The van der Waals surface area contributed by atoms with E-state index in [2.05, 4.69) is 31.2 Å². The molecular weight excluding hydrogens is 432 g/mol. The Morgan fingerprint density at radius 3 is 2.55 bits per heavy atom. The van der Waals surface area contributed by atoms with E-state index in [-0.39, 0.29) is 12.5 Å². The van der Waals surface area contributed by atoms with Gasteiger partial charge in [-0.05, 0) is 17.7 Å². The van der Waals surface area contributed by atoms with E-state index in [4.69, 9.17) is 4.42 Å². The summed E-state index contributed by atoms with van der Waals surface area (Å²) >= 11 is 3.49. The molecule has 1 amide bonds. The number of carbonyl (C=O) groups is 1. The summed E-state index contributed by atoms with van der Waals surface area (Å²) in [4.78, 5) is 22.9. The summed E-state index contributed by atoms with van der Waals surface area (Å²) in [6, 6.07) is 18.1. The second-order valence-electron chi connectivity index (χ2n) is 6.83. The molecule has 1 aliphatic heterocycles. The van der Waals surface area contributed by atoms with Gasteiger partial charge in [-0.1, -0.05) is 58.4 Å². The number of nitrogens with zero attached hydrogens (tertiary/aromatic N) is 3. The Hall–Kier alpha value is -3.19. The molecule has 0 aliphatic carbocycles. The maximum Gasteiger partial charge on any atom is 0.239 e. The third kappa shape index (κ3) is 3.27. The predicted molar refractivity (Wildman–Crippen MR) is 116 cm³/mol. The van der Waals surface area contributed by atoms with Crippen LogP contribution in [-0.4, -0.2) is 35.5 Å². The standard InChI is InChI=1S/C22H17BrN4O2/c23-16-8-6-15(7-9-16)20-18(14-4-2-1-3-5-14)19-21(25-13-26-22(19)29-20)27-11-10-24-17(28)12-27/h1-9,13H,10-12H2,(H,24,28). The number of rotatable bonds is 3. The lowest BCUT2D eigenvalue weighted by atomic mass is 9.99. The highest BCUT2D eigenvalue weighted by Crippen LogP contribution is 2.43. The lowest BCUT2D eigenvalue weighted by Gasteiger charge is -2.28. The van der Waals surface area contributed by atoms with E-state index in [0.717, 1.165) is 38.1 Å². The first kappa shape index (κ1) is 17.9. The minimum atomic E-state index is -0.0131. The topological polar surface area (TPSA) is 71.3 Å². The Morgan fingerprint density at radius 2 is 1.79 bits per heavy atom. The van der Waals surface area contributed by atoms with Crippen LogP contribution >= 0.6 is 15.9 Å². The number of fused-ring (bicyclic) bond motifs is 1. The van der Waals surface area contributed by atoms with E-state index in [0.29, 0.717) is 18.8 Å². The van der Waals surface area contributed by atoms with Crippen LogP contribution in [0.4, 0.5) is 5.82 Å². The molecule has 0 bridgehead atoms. The number of furan rings is 1. The van der Waals surface area contributed by atoms with Crippen molar-refractivity contribution in [3.63, 3.8) is 0 Å². The molecule has 4 aromatic rings. The van der Waals surface area contributed by atoms with Crippen LogP contribution in [0.5, 0.6) is 0 Å². The number of halogens is 1. The average Bonchev–Trinajstić information content (AvgIpc) is 3.14. The smallest absolute Gasteiger partial charge is 0.239 e. The van der Waals surface area contributed by atoms with Crippen molar-refractivity contribution < 1.29 is 9.21 Å². The van der Waals surface area contributed by atoms with Crippen molar-refractivity contribution in [3.05, 3.63) is 65.4 Å². The first-order valence-corrected chi connectivity index (χ1v) is 10.1. The molecule has 0 radical (unpaired) electrons. The van der Waals surface area contributed by atoms with Gasteiger partial charge in [0.1, 0.15) is 17.9 Å². The number of amides is 1. The molecule has 5 rings (SSSR count). The largest absolute Gasteiger partial charge is 0.437 e. The van der Waals surface area contributed by atoms with Crippen molar-refractivity contribution in [3.8, 4) is 22.5 Å². The van der Waals surface area contributed by atoms with E-state index < -0.39 is 0 Å². The zero-order valence-electron chi connectivity index (χ0n) is 15.4. The maximum absolute atomic E-state index is 12.0. The highest BCUT2D eigenvalue weighted by Gasteiger charge is 2.26. The quantitative estimate of drug-likeness (QED) is 0.506. The monoisotopic (exact) mass is 448 g/mol. The van der Waals surface area contributed by atoms with Crippen molar-refractivity contribution in [2.45, 2.75) is 0 Å². The molecule has 3 heterocycles. The summed E-state index contributed by atoms with van der Waals surface area (Å²) in [6.45, 7) is 1.53. The molecule has 0 atom stereocenters. The van der Waals surface area contributed by atoms with Gasteiger partial charge in [-0.3, -0.25) is 4.79 Å². The van der Waals surface area contributed by atoms with Gasteiger partial charge in [0.2, 0.25) is 11.6 Å². The highest BCUT2D eigenvalue weighted by atomic mass is 79.9. The van der Waals surface area contributed by atoms with Gasteiger partial charge in [0.15, 0.2) is 0 Å². The molecule has 6 nitrogen and oxygen atoms in total. The number of hydrogen-bond acceptors (Lipinski definition) is 5. The molecule has 0 unspecified atom stereocenters. The first-order chi connectivity index (χ1) is 14.2. The number of piperazine rings is 1. The van der Waals surface area contributed by atoms with Crippen molar-refractivity contribution in [1.29, 1.82) is 0 Å². The molecule has 1 saturated heterocycles. The van der Waals surface area contributed by atoms with Crippen LogP contribution < -0.4 is 10.2 Å². The number of benzene rings is 2. The van der Waals surface area contributed by atoms with E-state index in [9.17, 15) is 4.79 Å². The number of anilines is 1. The molecular formula is C22H17BrN4O2. The molecule has 29 heavy (non-hydrogen) atoms. The van der Waals surface area contributed by atoms with Crippen LogP contribution in [0.15, 0.2) is 69.8 Å². The lowest BCUT2D eigenvalue weighted by molar-refractivity contribution is -0.120. The Bertz CT molecular complexity index is 1190. The van der Waals surface area contributed by atoms with E-state index in [1.54, 1.807) is 0 Å². The number of hydrogen-bond donors (Lipinski definition) is 1. The average molecular weight is 449 g/mol. The number of aromatic nitrogens is 2. The summed E-state index contributed by atoms with van der Waals surface area (Å²) < 4.78 is 7.24. The van der Waals surface area contributed by atoms with Gasteiger partial charge in [0.25, 0.3) is 0 Å². The van der Waals surface area contributed by atoms with Gasteiger partial charge >= 0.3 is 0 Å². The second-order valence-corrected chi connectivity index (χ2v) is 7.74. The van der Waals surface area contributed by atoms with Crippen LogP contribution in [-0.2, 0) is 4.79 Å². The SMILES string of the molecule is O=C1CN(c2ncnc3oc(-c4ccc(Br)cc4)c(-c4ccccc4)c23)CCN1. The van der Waals surface area contributed by atoms with Crippen LogP contribution in [0, 0.1) is 0 Å². The van der Waals surface area contributed by atoms with Crippen LogP contribution in [0.25, 0.3) is 33.6 Å². The number of carbonyl (C=O) groups excluding carboxylic acids is 1. The molecule has 1 fully saturated rings. The molecule has 2 aromatic carbocycles. The zero-order chi connectivity index (χ0) is 19.8. The van der Waals surface area contributed by atoms with Gasteiger partial charge in [-0.25, -0.2) is 9.97 Å². The molecule has 0 saturated carbocycles. The molecule has 1 N–H and O–H groups in total. The van der Waals surface area contributed by atoms with E-state index in [1.165, 1.54) is 6.33 Å². The van der Waals surface area contributed by atoms with Gasteiger partial charge < -0.3 is 14.6 Å². The molecule has 7 heteroatoms. The van der Waals surface area contributed by atoms with Gasteiger partial charge in [0, 0.05) is 28.7 Å². The predicted octanol–water partition coefficient (Wildman–Crippen LogP) is 4.26. The Labute approximate surface area is 175 Å².